The second-order valence-corrected chi connectivity index (χ2v) is 10.1. The number of carbonyl (C=O) groups is 1. The van der Waals surface area contributed by atoms with Gasteiger partial charge in [0.15, 0.2) is 0 Å². The summed E-state index contributed by atoms with van der Waals surface area (Å²) in [6, 6.07) is 12.2. The van der Waals surface area contributed by atoms with Gasteiger partial charge in [-0.1, -0.05) is 18.9 Å². The van der Waals surface area contributed by atoms with E-state index in [4.69, 9.17) is 0 Å². The fourth-order valence-corrected chi connectivity index (χ4v) is 5.34. The van der Waals surface area contributed by atoms with E-state index >= 15 is 0 Å². The summed E-state index contributed by atoms with van der Waals surface area (Å²) in [4.78, 5) is 31.0. The minimum absolute atomic E-state index is 0.0860. The Bertz CT molecular complexity index is 1720. The molecule has 0 atom stereocenters. The maximum Gasteiger partial charge on any atom is 0.227 e. The van der Waals surface area contributed by atoms with Gasteiger partial charge < -0.3 is 15.2 Å². The number of benzene rings is 1. The fraction of sp³-hybridized carbons (Fsp3) is 0.233. The third-order valence-electron chi connectivity index (χ3n) is 7.40. The van der Waals surface area contributed by atoms with Gasteiger partial charge in [0.05, 0.1) is 34.5 Å². The number of pyridine rings is 2. The minimum Gasteiger partial charge on any atom is -0.349 e. The van der Waals surface area contributed by atoms with E-state index in [0.29, 0.717) is 5.69 Å². The van der Waals surface area contributed by atoms with Gasteiger partial charge in [-0.15, -0.1) is 0 Å². The number of H-pyrrole nitrogens is 2. The molecule has 9 heteroatoms. The molecule has 1 aliphatic carbocycles. The number of aromatic amines is 2. The Morgan fingerprint density at radius 2 is 1.97 bits per heavy atom. The lowest BCUT2D eigenvalue weighted by atomic mass is 10.0. The van der Waals surface area contributed by atoms with Crippen LogP contribution in [0.15, 0.2) is 71.9 Å². The van der Waals surface area contributed by atoms with Crippen molar-refractivity contribution in [1.29, 1.82) is 0 Å². The first kappa shape index (κ1) is 24.5. The van der Waals surface area contributed by atoms with Crippen molar-refractivity contribution in [3.63, 3.8) is 0 Å². The molecule has 196 valence electrons. The molecule has 1 fully saturated rings. The molecule has 6 rings (SSSR count). The molecule has 1 aromatic carbocycles. The molecule has 9 nitrogen and oxygen atoms in total. The standard InChI is InChI=1S/C30H30N8O/c1-18(31-2)17-38(3)27-10-11-33-29-24(27)14-26(35-29)28-23-13-20(8-9-25(23)36-37-28)21-12-22(16-32-15-21)34-30(39)19-6-4-5-7-19/h8-17,19H,2,4-7H2,1,3H3,(H,33,35)(H,34,39)(H,36,37)/b18-17-. The van der Waals surface area contributed by atoms with Crippen molar-refractivity contribution in [1.82, 2.24) is 25.1 Å². The number of fused-ring (bicyclic) bond motifs is 2. The summed E-state index contributed by atoms with van der Waals surface area (Å²) in [5.41, 5.74) is 7.80. The van der Waals surface area contributed by atoms with Gasteiger partial charge in [-0.3, -0.25) is 19.9 Å². The number of anilines is 2. The lowest BCUT2D eigenvalue weighted by Crippen LogP contribution is -2.20. The number of hydrogen-bond acceptors (Lipinski definition) is 6. The number of allylic oxidation sites excluding steroid dienone is 1. The predicted octanol–water partition coefficient (Wildman–Crippen LogP) is 6.30. The lowest BCUT2D eigenvalue weighted by Gasteiger charge is -2.15. The zero-order valence-electron chi connectivity index (χ0n) is 22.0. The van der Waals surface area contributed by atoms with E-state index in [1.807, 2.05) is 55.5 Å². The lowest BCUT2D eigenvalue weighted by molar-refractivity contribution is -0.119. The summed E-state index contributed by atoms with van der Waals surface area (Å²) in [5.74, 6) is 0.186. The van der Waals surface area contributed by atoms with Crippen LogP contribution in [0.1, 0.15) is 32.6 Å². The van der Waals surface area contributed by atoms with E-state index in [1.165, 1.54) is 0 Å². The van der Waals surface area contributed by atoms with Gasteiger partial charge in [0.2, 0.25) is 5.91 Å². The number of rotatable bonds is 7. The summed E-state index contributed by atoms with van der Waals surface area (Å²) in [5, 5.41) is 12.8. The molecule has 39 heavy (non-hydrogen) atoms. The van der Waals surface area contributed by atoms with Gasteiger partial charge in [0.1, 0.15) is 11.3 Å². The monoisotopic (exact) mass is 518 g/mol. The first-order chi connectivity index (χ1) is 19.0. The van der Waals surface area contributed by atoms with Crippen LogP contribution in [0.25, 0.3) is 44.5 Å². The zero-order chi connectivity index (χ0) is 26.9. The minimum atomic E-state index is 0.0860. The number of nitrogens with one attached hydrogen (secondary N) is 3. The highest BCUT2D eigenvalue weighted by molar-refractivity contribution is 6.00. The summed E-state index contributed by atoms with van der Waals surface area (Å²) in [6.45, 7) is 5.51. The largest absolute Gasteiger partial charge is 0.349 e. The number of carbonyl (C=O) groups excluding carboxylic acids is 1. The van der Waals surface area contributed by atoms with Crippen molar-refractivity contribution in [3.8, 4) is 22.5 Å². The van der Waals surface area contributed by atoms with Crippen LogP contribution in [0.3, 0.4) is 0 Å². The van der Waals surface area contributed by atoms with E-state index in [9.17, 15) is 4.79 Å². The average Bonchev–Trinajstić information content (AvgIpc) is 3.72. The smallest absolute Gasteiger partial charge is 0.227 e. The van der Waals surface area contributed by atoms with E-state index in [2.05, 4.69) is 54.3 Å². The summed E-state index contributed by atoms with van der Waals surface area (Å²) < 4.78 is 0. The number of aliphatic imine (C=N–C) groups is 1. The quantitative estimate of drug-likeness (QED) is 0.219. The van der Waals surface area contributed by atoms with Gasteiger partial charge >= 0.3 is 0 Å². The Kier molecular flexibility index (Phi) is 6.40. The summed E-state index contributed by atoms with van der Waals surface area (Å²) >= 11 is 0. The maximum atomic E-state index is 12.6. The van der Waals surface area contributed by atoms with Gasteiger partial charge in [-0.05, 0) is 62.4 Å². The highest BCUT2D eigenvalue weighted by Gasteiger charge is 2.23. The number of aromatic nitrogens is 5. The van der Waals surface area contributed by atoms with Gasteiger partial charge in [0.25, 0.3) is 0 Å². The molecule has 1 aliphatic rings. The van der Waals surface area contributed by atoms with Crippen LogP contribution in [-0.2, 0) is 4.79 Å². The molecule has 4 aromatic heterocycles. The van der Waals surface area contributed by atoms with Crippen LogP contribution in [0.4, 0.5) is 11.4 Å². The van der Waals surface area contributed by atoms with Crippen molar-refractivity contribution in [2.45, 2.75) is 32.6 Å². The Morgan fingerprint density at radius 3 is 2.79 bits per heavy atom. The van der Waals surface area contributed by atoms with Crippen LogP contribution in [0.5, 0.6) is 0 Å². The maximum absolute atomic E-state index is 12.6. The van der Waals surface area contributed by atoms with Crippen molar-refractivity contribution in [2.75, 3.05) is 17.3 Å². The molecular weight excluding hydrogens is 488 g/mol. The normalized spacial score (nSPS) is 14.3. The van der Waals surface area contributed by atoms with Crippen molar-refractivity contribution in [3.05, 3.63) is 66.9 Å². The van der Waals surface area contributed by atoms with E-state index in [-0.39, 0.29) is 11.8 Å². The Hall–Kier alpha value is -4.79. The predicted molar refractivity (Wildman–Crippen MR) is 157 cm³/mol. The van der Waals surface area contributed by atoms with Crippen LogP contribution < -0.4 is 10.2 Å². The summed E-state index contributed by atoms with van der Waals surface area (Å²) in [7, 11) is 1.98. The third-order valence-corrected chi connectivity index (χ3v) is 7.40. The highest BCUT2D eigenvalue weighted by Crippen LogP contribution is 2.34. The highest BCUT2D eigenvalue weighted by atomic mass is 16.1. The van der Waals surface area contributed by atoms with Crippen molar-refractivity contribution in [2.24, 2.45) is 10.9 Å². The van der Waals surface area contributed by atoms with E-state index < -0.39 is 0 Å². The second kappa shape index (κ2) is 10.2. The summed E-state index contributed by atoms with van der Waals surface area (Å²) in [6.07, 6.45) is 11.4. The van der Waals surface area contributed by atoms with Crippen molar-refractivity contribution < 1.29 is 4.79 Å². The van der Waals surface area contributed by atoms with Crippen LogP contribution >= 0.6 is 0 Å². The fourth-order valence-electron chi connectivity index (χ4n) is 5.34. The third kappa shape index (κ3) is 4.79. The molecule has 3 N–H and O–H groups in total. The van der Waals surface area contributed by atoms with Crippen LogP contribution in [0.2, 0.25) is 0 Å². The van der Waals surface area contributed by atoms with Gasteiger partial charge in [0, 0.05) is 47.9 Å². The van der Waals surface area contributed by atoms with Crippen molar-refractivity contribution >= 4 is 45.9 Å². The molecular formula is C30H30N8O. The molecule has 0 aliphatic heterocycles. The molecule has 4 heterocycles. The van der Waals surface area contributed by atoms with Crippen LogP contribution in [-0.4, -0.2) is 44.8 Å². The number of hydrogen-bond donors (Lipinski definition) is 3. The SMILES string of the molecule is C=N/C(C)=C\N(C)c1ccnc2[nH]c(-c3n[nH]c4ccc(-c5cncc(NC(=O)C6CCCC6)c5)cc34)cc12. The van der Waals surface area contributed by atoms with Crippen LogP contribution in [0, 0.1) is 5.92 Å². The number of amides is 1. The molecule has 0 bridgehead atoms. The number of nitrogens with zero attached hydrogens (tertiary/aromatic N) is 5. The molecule has 0 saturated heterocycles. The second-order valence-electron chi connectivity index (χ2n) is 10.1. The Labute approximate surface area is 226 Å². The molecule has 0 spiro atoms. The zero-order valence-corrected chi connectivity index (χ0v) is 22.0. The van der Waals surface area contributed by atoms with E-state index in [1.54, 1.807) is 12.4 Å². The first-order valence-electron chi connectivity index (χ1n) is 13.1. The van der Waals surface area contributed by atoms with Gasteiger partial charge in [-0.2, -0.15) is 5.10 Å². The molecule has 1 amide bonds. The molecule has 5 aromatic rings. The Balaban J connectivity index is 1.34. The average molecular weight is 519 g/mol. The first-order valence-corrected chi connectivity index (χ1v) is 13.1. The molecule has 0 radical (unpaired) electrons. The molecule has 0 unspecified atom stereocenters. The van der Waals surface area contributed by atoms with Gasteiger partial charge in [-0.25, -0.2) is 4.98 Å². The molecule has 1 saturated carbocycles. The Morgan fingerprint density at radius 1 is 1.13 bits per heavy atom. The van der Waals surface area contributed by atoms with E-state index in [0.717, 1.165) is 81.5 Å². The topological polar surface area (TPSA) is 115 Å².